The Labute approximate surface area is 108 Å². The summed E-state index contributed by atoms with van der Waals surface area (Å²) >= 11 is 0. The number of hydrogen-bond acceptors (Lipinski definition) is 6. The highest BCUT2D eigenvalue weighted by molar-refractivity contribution is 4.68. The Kier molecular flexibility index (Phi) is 8.49. The molecule has 1 rings (SSSR count). The molecule has 0 saturated carbocycles. The predicted molar refractivity (Wildman–Crippen MR) is 64.8 cm³/mol. The van der Waals surface area contributed by atoms with Crippen LogP contribution in [0.2, 0.25) is 0 Å². The van der Waals surface area contributed by atoms with E-state index in [1.807, 2.05) is 0 Å². The first-order chi connectivity index (χ1) is 8.80. The molecule has 0 bridgehead atoms. The van der Waals surface area contributed by atoms with Gasteiger partial charge in [0.1, 0.15) is 18.3 Å². The minimum absolute atomic E-state index is 0.0684. The van der Waals surface area contributed by atoms with Crippen molar-refractivity contribution in [2.24, 2.45) is 0 Å². The highest BCUT2D eigenvalue weighted by Gasteiger charge is 2.23. The average Bonchev–Trinajstić information content (AvgIpc) is 3.18. The van der Waals surface area contributed by atoms with Gasteiger partial charge in [-0.2, -0.15) is 0 Å². The van der Waals surface area contributed by atoms with Gasteiger partial charge in [0.15, 0.2) is 0 Å². The van der Waals surface area contributed by atoms with Crippen LogP contribution in [0.25, 0.3) is 0 Å². The summed E-state index contributed by atoms with van der Waals surface area (Å²) in [7, 11) is 4.92. The molecule has 0 radical (unpaired) electrons. The number of methoxy groups -OCH3 is 3. The smallest absolute Gasteiger partial charge is 0.104 e. The summed E-state index contributed by atoms with van der Waals surface area (Å²) in [6.45, 7) is 3.38. The average molecular weight is 264 g/mol. The summed E-state index contributed by atoms with van der Waals surface area (Å²) in [4.78, 5) is 0. The van der Waals surface area contributed by atoms with Crippen LogP contribution in [-0.2, 0) is 28.4 Å². The van der Waals surface area contributed by atoms with Gasteiger partial charge < -0.3 is 28.4 Å². The summed E-state index contributed by atoms with van der Waals surface area (Å²) in [6, 6.07) is 0. The highest BCUT2D eigenvalue weighted by atomic mass is 16.6. The molecule has 1 fully saturated rings. The van der Waals surface area contributed by atoms with Gasteiger partial charge in [-0.1, -0.05) is 0 Å². The largest absolute Gasteiger partial charge is 0.382 e. The third kappa shape index (κ3) is 7.25. The molecule has 0 spiro atoms. The lowest BCUT2D eigenvalue weighted by atomic mass is 10.3. The van der Waals surface area contributed by atoms with E-state index in [2.05, 4.69) is 0 Å². The molecule has 3 atom stereocenters. The molecule has 1 saturated heterocycles. The van der Waals surface area contributed by atoms with Gasteiger partial charge in [0.25, 0.3) is 0 Å². The summed E-state index contributed by atoms with van der Waals surface area (Å²) in [5, 5.41) is 0. The lowest BCUT2D eigenvalue weighted by Gasteiger charge is -2.20. The van der Waals surface area contributed by atoms with Crippen molar-refractivity contribution in [3.8, 4) is 0 Å². The van der Waals surface area contributed by atoms with Crippen LogP contribution >= 0.6 is 0 Å². The third-order valence-corrected chi connectivity index (χ3v) is 2.57. The predicted octanol–water partition coefficient (Wildman–Crippen LogP) is 0.0948. The molecule has 0 amide bonds. The summed E-state index contributed by atoms with van der Waals surface area (Å²) in [6.07, 6.45) is 0.109. The van der Waals surface area contributed by atoms with Crippen LogP contribution < -0.4 is 0 Å². The summed E-state index contributed by atoms with van der Waals surface area (Å²) < 4.78 is 31.6. The van der Waals surface area contributed by atoms with Crippen molar-refractivity contribution in [1.82, 2.24) is 0 Å². The highest BCUT2D eigenvalue weighted by Crippen LogP contribution is 2.09. The Morgan fingerprint density at radius 2 is 1.67 bits per heavy atom. The first-order valence-electron chi connectivity index (χ1n) is 6.11. The zero-order valence-corrected chi connectivity index (χ0v) is 11.4. The molecule has 0 aromatic heterocycles. The van der Waals surface area contributed by atoms with Crippen LogP contribution in [0.1, 0.15) is 0 Å². The maximum absolute atomic E-state index is 5.69. The molecule has 0 aromatic carbocycles. The third-order valence-electron chi connectivity index (χ3n) is 2.57. The lowest BCUT2D eigenvalue weighted by Crippen LogP contribution is -2.32. The van der Waals surface area contributed by atoms with Crippen molar-refractivity contribution in [3.05, 3.63) is 0 Å². The van der Waals surface area contributed by atoms with Crippen molar-refractivity contribution < 1.29 is 28.4 Å². The summed E-state index contributed by atoms with van der Waals surface area (Å²) in [5.74, 6) is 0. The first-order valence-corrected chi connectivity index (χ1v) is 6.11. The van der Waals surface area contributed by atoms with Crippen LogP contribution in [0.3, 0.4) is 0 Å². The molecule has 108 valence electrons. The van der Waals surface area contributed by atoms with Crippen molar-refractivity contribution >= 4 is 0 Å². The van der Waals surface area contributed by atoms with Crippen LogP contribution in [-0.4, -0.2) is 79.3 Å². The molecular weight excluding hydrogens is 240 g/mol. The van der Waals surface area contributed by atoms with E-state index in [0.29, 0.717) is 33.0 Å². The van der Waals surface area contributed by atoms with Gasteiger partial charge in [-0.25, -0.2) is 0 Å². The molecule has 6 nitrogen and oxygen atoms in total. The van der Waals surface area contributed by atoms with Crippen molar-refractivity contribution in [1.29, 1.82) is 0 Å². The Morgan fingerprint density at radius 1 is 1.00 bits per heavy atom. The summed E-state index contributed by atoms with van der Waals surface area (Å²) in [5.41, 5.74) is 0. The van der Waals surface area contributed by atoms with Gasteiger partial charge in [0, 0.05) is 21.3 Å². The second-order valence-electron chi connectivity index (χ2n) is 4.22. The van der Waals surface area contributed by atoms with Gasteiger partial charge in [0.05, 0.1) is 39.6 Å². The van der Waals surface area contributed by atoms with E-state index in [1.54, 1.807) is 21.3 Å². The van der Waals surface area contributed by atoms with Crippen molar-refractivity contribution in [2.75, 3.05) is 61.0 Å². The van der Waals surface area contributed by atoms with E-state index >= 15 is 0 Å². The number of ether oxygens (including phenoxy) is 6. The second-order valence-corrected chi connectivity index (χ2v) is 4.22. The minimum Gasteiger partial charge on any atom is -0.382 e. The number of hydrogen-bond donors (Lipinski definition) is 0. The Bertz CT molecular complexity index is 197. The SMILES string of the molecule is COCC(COC(COC)COCC1CO1)OC. The fraction of sp³-hybridized carbons (Fsp3) is 1.00. The standard InChI is InChI=1S/C12H24O6/c1-13-4-10(15-3)8-17-11(5-14-2)6-16-7-12-9-18-12/h10-12H,4-9H2,1-3H3. The maximum Gasteiger partial charge on any atom is 0.104 e. The monoisotopic (exact) mass is 264 g/mol. The normalized spacial score (nSPS) is 21.8. The van der Waals surface area contributed by atoms with E-state index in [1.165, 1.54) is 0 Å². The fourth-order valence-corrected chi connectivity index (χ4v) is 1.44. The first kappa shape index (κ1) is 15.8. The molecule has 1 heterocycles. The van der Waals surface area contributed by atoms with Gasteiger partial charge in [-0.3, -0.25) is 0 Å². The minimum atomic E-state index is -0.0942. The second kappa shape index (κ2) is 9.66. The van der Waals surface area contributed by atoms with E-state index < -0.39 is 0 Å². The van der Waals surface area contributed by atoms with E-state index in [4.69, 9.17) is 28.4 Å². The zero-order valence-electron chi connectivity index (χ0n) is 11.4. The van der Waals surface area contributed by atoms with Crippen LogP contribution in [0.5, 0.6) is 0 Å². The Hall–Kier alpha value is -0.240. The molecule has 1 aliphatic heterocycles. The van der Waals surface area contributed by atoms with Gasteiger partial charge in [-0.05, 0) is 0 Å². The topological polar surface area (TPSA) is 58.7 Å². The van der Waals surface area contributed by atoms with Crippen molar-refractivity contribution in [2.45, 2.75) is 18.3 Å². The molecule has 0 aromatic rings. The molecule has 3 unspecified atom stereocenters. The maximum atomic E-state index is 5.69. The van der Waals surface area contributed by atoms with Crippen LogP contribution in [0.4, 0.5) is 0 Å². The van der Waals surface area contributed by atoms with E-state index in [-0.39, 0.29) is 18.3 Å². The van der Waals surface area contributed by atoms with Gasteiger partial charge in [-0.15, -0.1) is 0 Å². The quantitative estimate of drug-likeness (QED) is 0.466. The lowest BCUT2D eigenvalue weighted by molar-refractivity contribution is -0.0940. The number of rotatable bonds is 12. The molecule has 0 N–H and O–H groups in total. The Morgan fingerprint density at radius 3 is 2.22 bits per heavy atom. The molecule has 6 heteroatoms. The van der Waals surface area contributed by atoms with Crippen LogP contribution in [0.15, 0.2) is 0 Å². The zero-order chi connectivity index (χ0) is 13.2. The van der Waals surface area contributed by atoms with Crippen LogP contribution in [0, 0.1) is 0 Å². The number of epoxide rings is 1. The fourth-order valence-electron chi connectivity index (χ4n) is 1.44. The molecular formula is C12H24O6. The molecule has 18 heavy (non-hydrogen) atoms. The Balaban J connectivity index is 2.13. The van der Waals surface area contributed by atoms with Gasteiger partial charge in [0.2, 0.25) is 0 Å². The molecule has 0 aliphatic carbocycles. The van der Waals surface area contributed by atoms with E-state index in [9.17, 15) is 0 Å². The van der Waals surface area contributed by atoms with Crippen molar-refractivity contribution in [3.63, 3.8) is 0 Å². The van der Waals surface area contributed by atoms with Gasteiger partial charge >= 0.3 is 0 Å². The van der Waals surface area contributed by atoms with E-state index in [0.717, 1.165) is 6.61 Å². The molecule has 1 aliphatic rings.